The molecule has 0 radical (unpaired) electrons. The Balaban J connectivity index is 1.55. The van der Waals surface area contributed by atoms with E-state index in [4.69, 9.17) is 14.2 Å². The molecule has 1 saturated carbocycles. The van der Waals surface area contributed by atoms with E-state index in [0.717, 1.165) is 11.3 Å². The Morgan fingerprint density at radius 1 is 1.14 bits per heavy atom. The Kier molecular flexibility index (Phi) is 8.37. The average molecular weight is 514 g/mol. The molecule has 10 heteroatoms. The van der Waals surface area contributed by atoms with Crippen molar-refractivity contribution in [3.8, 4) is 17.2 Å². The van der Waals surface area contributed by atoms with Crippen molar-refractivity contribution >= 4 is 11.9 Å². The molecule has 2 aromatic carbocycles. The summed E-state index contributed by atoms with van der Waals surface area (Å²) in [7, 11) is 1.43. The van der Waals surface area contributed by atoms with Gasteiger partial charge in [0.1, 0.15) is 12.7 Å². The van der Waals surface area contributed by atoms with Crippen molar-refractivity contribution in [3.63, 3.8) is 0 Å². The van der Waals surface area contributed by atoms with Crippen LogP contribution in [0.25, 0.3) is 5.69 Å². The maximum Gasteiger partial charge on any atom is 0.302 e. The van der Waals surface area contributed by atoms with Gasteiger partial charge in [0.05, 0.1) is 13.4 Å². The molecule has 0 spiro atoms. The number of ether oxygens (including phenoxy) is 3. The first-order valence-electron chi connectivity index (χ1n) is 12.0. The van der Waals surface area contributed by atoms with Crippen LogP contribution in [0.15, 0.2) is 61.2 Å². The zero-order chi connectivity index (χ0) is 26.4. The maximum atomic E-state index is 13.1. The van der Waals surface area contributed by atoms with Crippen molar-refractivity contribution in [2.75, 3.05) is 13.7 Å². The summed E-state index contributed by atoms with van der Waals surface area (Å²) in [6.07, 6.45) is 3.83. The molecule has 0 aliphatic heterocycles. The lowest BCUT2D eigenvalue weighted by Gasteiger charge is -2.36. The molecule has 1 aromatic heterocycles. The first-order valence-corrected chi connectivity index (χ1v) is 12.0. The largest absolute Gasteiger partial charge is 0.493 e. The molecule has 1 aliphatic rings. The van der Waals surface area contributed by atoms with Gasteiger partial charge in [-0.3, -0.25) is 9.59 Å². The molecule has 1 fully saturated rings. The number of hydrogen-bond donors (Lipinski definition) is 1. The summed E-state index contributed by atoms with van der Waals surface area (Å²) in [4.78, 5) is 28.8. The van der Waals surface area contributed by atoms with Gasteiger partial charge in [-0.2, -0.15) is 0 Å². The first kappa shape index (κ1) is 26.1. The van der Waals surface area contributed by atoms with Crippen LogP contribution in [0.4, 0.5) is 8.78 Å². The highest BCUT2D eigenvalue weighted by Gasteiger charge is 2.34. The number of nitrogens with zero attached hydrogens (tertiary/aromatic N) is 2. The third kappa shape index (κ3) is 6.63. The van der Waals surface area contributed by atoms with Crippen molar-refractivity contribution in [1.29, 1.82) is 0 Å². The van der Waals surface area contributed by atoms with Gasteiger partial charge in [0.15, 0.2) is 11.5 Å². The van der Waals surface area contributed by atoms with E-state index in [1.165, 1.54) is 14.0 Å². The fourth-order valence-electron chi connectivity index (χ4n) is 4.65. The summed E-state index contributed by atoms with van der Waals surface area (Å²) in [6, 6.07) is 12.0. The Morgan fingerprint density at radius 3 is 2.57 bits per heavy atom. The van der Waals surface area contributed by atoms with E-state index in [-0.39, 0.29) is 35.7 Å². The second-order valence-corrected chi connectivity index (χ2v) is 8.86. The van der Waals surface area contributed by atoms with Crippen LogP contribution in [0.1, 0.15) is 48.0 Å². The molecule has 1 N–H and O–H groups in total. The van der Waals surface area contributed by atoms with Crippen LogP contribution in [0, 0.1) is 0 Å². The molecule has 37 heavy (non-hydrogen) atoms. The molecule has 3 unspecified atom stereocenters. The Labute approximate surface area is 213 Å². The minimum atomic E-state index is -2.64. The second-order valence-electron chi connectivity index (χ2n) is 8.86. The SMILES string of the molecule is COc1ccc(C2CC(OC(C)=O)CCC2NC(=O)c2ccc(-n3ccnc3)cc2)cc1OCC(F)F. The van der Waals surface area contributed by atoms with Gasteiger partial charge in [-0.05, 0) is 61.2 Å². The smallest absolute Gasteiger partial charge is 0.302 e. The summed E-state index contributed by atoms with van der Waals surface area (Å²) < 4.78 is 43.4. The van der Waals surface area contributed by atoms with Crippen LogP contribution in [0.5, 0.6) is 11.5 Å². The standard InChI is InChI=1S/C27H29F2N3O5/c1-17(33)37-21-8-9-23(31-27(34)18-3-6-20(7-4-18)32-12-11-30-16-32)22(14-21)19-5-10-24(35-2)25(13-19)36-15-26(28)29/h3-7,10-13,16,21-23,26H,8-9,14-15H2,1-2H3,(H,31,34). The lowest BCUT2D eigenvalue weighted by atomic mass is 9.78. The van der Waals surface area contributed by atoms with Crippen molar-refractivity contribution in [1.82, 2.24) is 14.9 Å². The Morgan fingerprint density at radius 2 is 1.92 bits per heavy atom. The normalized spacial score (nSPS) is 19.3. The molecule has 1 heterocycles. The topological polar surface area (TPSA) is 91.7 Å². The van der Waals surface area contributed by atoms with E-state index in [0.29, 0.717) is 30.6 Å². The minimum absolute atomic E-state index is 0.190. The van der Waals surface area contributed by atoms with Crippen LogP contribution >= 0.6 is 0 Å². The number of methoxy groups -OCH3 is 1. The molecule has 3 aromatic rings. The molecule has 0 bridgehead atoms. The second kappa shape index (κ2) is 11.9. The van der Waals surface area contributed by atoms with E-state index in [1.54, 1.807) is 36.8 Å². The van der Waals surface area contributed by atoms with Crippen LogP contribution in [-0.2, 0) is 9.53 Å². The summed E-state index contributed by atoms with van der Waals surface area (Å²) in [5.74, 6) is -0.335. The lowest BCUT2D eigenvalue weighted by molar-refractivity contribution is -0.148. The number of esters is 1. The van der Waals surface area contributed by atoms with Gasteiger partial charge in [-0.25, -0.2) is 13.8 Å². The highest BCUT2D eigenvalue weighted by atomic mass is 19.3. The summed E-state index contributed by atoms with van der Waals surface area (Å²) in [5.41, 5.74) is 2.14. The van der Waals surface area contributed by atoms with Crippen molar-refractivity contribution in [2.24, 2.45) is 0 Å². The number of aromatic nitrogens is 2. The highest BCUT2D eigenvalue weighted by Crippen LogP contribution is 2.39. The fourth-order valence-corrected chi connectivity index (χ4v) is 4.65. The van der Waals surface area contributed by atoms with Crippen molar-refractivity contribution in [2.45, 2.75) is 50.7 Å². The predicted octanol–water partition coefficient (Wildman–Crippen LogP) is 4.52. The minimum Gasteiger partial charge on any atom is -0.493 e. The number of benzene rings is 2. The third-order valence-corrected chi connectivity index (χ3v) is 6.36. The number of imidazole rings is 1. The predicted molar refractivity (Wildman–Crippen MR) is 131 cm³/mol. The lowest BCUT2D eigenvalue weighted by Crippen LogP contribution is -2.44. The molecule has 0 saturated heterocycles. The average Bonchev–Trinajstić information content (AvgIpc) is 3.43. The third-order valence-electron chi connectivity index (χ3n) is 6.36. The Bertz CT molecular complexity index is 1200. The number of carbonyl (C=O) groups excluding carboxylic acids is 2. The number of halogens is 2. The quantitative estimate of drug-likeness (QED) is 0.423. The van der Waals surface area contributed by atoms with Gasteiger partial charge < -0.3 is 24.1 Å². The van der Waals surface area contributed by atoms with Crippen LogP contribution < -0.4 is 14.8 Å². The van der Waals surface area contributed by atoms with E-state index < -0.39 is 13.0 Å². The number of rotatable bonds is 9. The van der Waals surface area contributed by atoms with Gasteiger partial charge in [-0.1, -0.05) is 6.07 Å². The van der Waals surface area contributed by atoms with Gasteiger partial charge in [0, 0.05) is 42.5 Å². The van der Waals surface area contributed by atoms with Gasteiger partial charge >= 0.3 is 5.97 Å². The van der Waals surface area contributed by atoms with Crippen molar-refractivity contribution in [3.05, 3.63) is 72.3 Å². The first-order chi connectivity index (χ1) is 17.8. The van der Waals surface area contributed by atoms with Crippen LogP contribution in [0.2, 0.25) is 0 Å². The van der Waals surface area contributed by atoms with Crippen LogP contribution in [-0.4, -0.2) is 53.7 Å². The zero-order valence-electron chi connectivity index (χ0n) is 20.6. The van der Waals surface area contributed by atoms with Gasteiger partial charge in [-0.15, -0.1) is 0 Å². The number of amides is 1. The van der Waals surface area contributed by atoms with Crippen molar-refractivity contribution < 1.29 is 32.6 Å². The molecular weight excluding hydrogens is 484 g/mol. The Hall–Kier alpha value is -3.95. The summed E-state index contributed by atoms with van der Waals surface area (Å²) >= 11 is 0. The highest BCUT2D eigenvalue weighted by molar-refractivity contribution is 5.94. The van der Waals surface area contributed by atoms with E-state index in [2.05, 4.69) is 10.3 Å². The molecule has 3 atom stereocenters. The number of alkyl halides is 2. The fraction of sp³-hybridized carbons (Fsp3) is 0.370. The summed E-state index contributed by atoms with van der Waals surface area (Å²) in [6.45, 7) is 0.593. The van der Waals surface area contributed by atoms with Gasteiger partial charge in [0.25, 0.3) is 12.3 Å². The maximum absolute atomic E-state index is 13.1. The number of hydrogen-bond acceptors (Lipinski definition) is 6. The van der Waals surface area contributed by atoms with Crippen LogP contribution in [0.3, 0.4) is 0 Å². The monoisotopic (exact) mass is 513 g/mol. The zero-order valence-corrected chi connectivity index (χ0v) is 20.6. The summed E-state index contributed by atoms with van der Waals surface area (Å²) in [5, 5.41) is 3.12. The van der Waals surface area contributed by atoms with E-state index in [1.807, 2.05) is 29.0 Å². The van der Waals surface area contributed by atoms with E-state index >= 15 is 0 Å². The molecule has 196 valence electrons. The van der Waals surface area contributed by atoms with E-state index in [9.17, 15) is 18.4 Å². The number of nitrogens with one attached hydrogen (secondary N) is 1. The molecular formula is C27H29F2N3O5. The molecule has 8 nitrogen and oxygen atoms in total. The number of carbonyl (C=O) groups is 2. The van der Waals surface area contributed by atoms with Gasteiger partial charge in [0.2, 0.25) is 0 Å². The molecule has 1 amide bonds. The molecule has 4 rings (SSSR count). The molecule has 1 aliphatic carbocycles.